The predicted molar refractivity (Wildman–Crippen MR) is 72.9 cm³/mol. The Balaban J connectivity index is 1.80. The van der Waals surface area contributed by atoms with Crippen molar-refractivity contribution in [3.8, 4) is 0 Å². The first-order valence-corrected chi connectivity index (χ1v) is 7.22. The normalized spacial score (nSPS) is 29.6. The van der Waals surface area contributed by atoms with Gasteiger partial charge in [0.1, 0.15) is 5.60 Å². The van der Waals surface area contributed by atoms with Gasteiger partial charge in [0, 0.05) is 25.7 Å². The third kappa shape index (κ3) is 3.83. The average molecular weight is 270 g/mol. The lowest BCUT2D eigenvalue weighted by Crippen LogP contribution is -2.46. The summed E-state index contributed by atoms with van der Waals surface area (Å²) < 4.78 is 11.1. The Kier molecular flexibility index (Phi) is 4.36. The van der Waals surface area contributed by atoms with Crippen LogP contribution in [0.2, 0.25) is 0 Å². The van der Waals surface area contributed by atoms with Gasteiger partial charge in [-0.05, 0) is 46.0 Å². The van der Waals surface area contributed by atoms with Crippen molar-refractivity contribution in [2.45, 2.75) is 57.8 Å². The highest BCUT2D eigenvalue weighted by Gasteiger charge is 2.36. The summed E-state index contributed by atoms with van der Waals surface area (Å²) in [5.41, 5.74) is 5.63. The van der Waals surface area contributed by atoms with Crippen LogP contribution in [0.25, 0.3) is 0 Å². The smallest absolute Gasteiger partial charge is 0.410 e. The van der Waals surface area contributed by atoms with Gasteiger partial charge in [-0.3, -0.25) is 0 Å². The van der Waals surface area contributed by atoms with Crippen LogP contribution in [0.3, 0.4) is 0 Å². The lowest BCUT2D eigenvalue weighted by molar-refractivity contribution is 0.000311. The Bertz CT molecular complexity index is 319. The molecule has 0 spiro atoms. The summed E-state index contributed by atoms with van der Waals surface area (Å²) in [5, 5.41) is 0. The van der Waals surface area contributed by atoms with Crippen molar-refractivity contribution in [1.29, 1.82) is 0 Å². The minimum Gasteiger partial charge on any atom is -0.444 e. The number of carbonyl (C=O) groups is 1. The summed E-state index contributed by atoms with van der Waals surface area (Å²) in [6.07, 6.45) is 2.84. The molecule has 0 aliphatic carbocycles. The molecule has 2 aliphatic heterocycles. The van der Waals surface area contributed by atoms with Crippen molar-refractivity contribution in [1.82, 2.24) is 4.90 Å². The Morgan fingerprint density at radius 1 is 1.26 bits per heavy atom. The van der Waals surface area contributed by atoms with Crippen molar-refractivity contribution in [2.75, 3.05) is 19.7 Å². The number of hydrogen-bond donors (Lipinski definition) is 1. The lowest BCUT2D eigenvalue weighted by Gasteiger charge is -2.36. The Labute approximate surface area is 115 Å². The molecule has 0 aromatic carbocycles. The number of carbonyl (C=O) groups excluding carboxylic acids is 1. The maximum atomic E-state index is 12.0. The molecule has 2 saturated heterocycles. The van der Waals surface area contributed by atoms with E-state index in [2.05, 4.69) is 0 Å². The minimum absolute atomic E-state index is 0.165. The molecule has 2 atom stereocenters. The number of hydrogen-bond acceptors (Lipinski definition) is 4. The maximum absolute atomic E-state index is 12.0. The van der Waals surface area contributed by atoms with Crippen LogP contribution < -0.4 is 5.73 Å². The molecule has 5 nitrogen and oxygen atoms in total. The Morgan fingerprint density at radius 3 is 2.37 bits per heavy atom. The van der Waals surface area contributed by atoms with E-state index in [0.717, 1.165) is 39.0 Å². The molecule has 2 rings (SSSR count). The third-order valence-corrected chi connectivity index (χ3v) is 3.84. The molecular formula is C14H26N2O3. The van der Waals surface area contributed by atoms with E-state index in [1.54, 1.807) is 4.90 Å². The van der Waals surface area contributed by atoms with Gasteiger partial charge in [-0.1, -0.05) is 0 Å². The van der Waals surface area contributed by atoms with E-state index in [9.17, 15) is 4.79 Å². The molecule has 2 N–H and O–H groups in total. The van der Waals surface area contributed by atoms with Gasteiger partial charge in [-0.25, -0.2) is 4.79 Å². The maximum Gasteiger partial charge on any atom is 0.410 e. The number of rotatable bonds is 1. The van der Waals surface area contributed by atoms with Crippen LogP contribution in [-0.2, 0) is 9.47 Å². The molecule has 2 heterocycles. The van der Waals surface area contributed by atoms with Crippen molar-refractivity contribution in [3.05, 3.63) is 0 Å². The van der Waals surface area contributed by atoms with Gasteiger partial charge in [-0.2, -0.15) is 0 Å². The van der Waals surface area contributed by atoms with E-state index in [-0.39, 0.29) is 18.2 Å². The highest BCUT2D eigenvalue weighted by atomic mass is 16.6. The fraction of sp³-hybridized carbons (Fsp3) is 0.929. The molecule has 0 saturated carbocycles. The number of ether oxygens (including phenoxy) is 2. The lowest BCUT2D eigenvalue weighted by atomic mass is 9.88. The topological polar surface area (TPSA) is 64.8 Å². The molecule has 19 heavy (non-hydrogen) atoms. The first-order valence-electron chi connectivity index (χ1n) is 7.22. The van der Waals surface area contributed by atoms with Crippen LogP contribution in [0.1, 0.15) is 40.0 Å². The van der Waals surface area contributed by atoms with Gasteiger partial charge in [0.05, 0.1) is 6.10 Å². The number of piperidine rings is 1. The Morgan fingerprint density at radius 2 is 1.89 bits per heavy atom. The second-order valence-corrected chi connectivity index (χ2v) is 6.59. The zero-order chi connectivity index (χ0) is 14.0. The molecule has 2 fully saturated rings. The summed E-state index contributed by atoms with van der Waals surface area (Å²) in [5.74, 6) is 0.483. The van der Waals surface area contributed by atoms with Gasteiger partial charge in [0.25, 0.3) is 0 Å². The van der Waals surface area contributed by atoms with Crippen molar-refractivity contribution < 1.29 is 14.3 Å². The van der Waals surface area contributed by atoms with E-state index in [4.69, 9.17) is 15.2 Å². The van der Waals surface area contributed by atoms with Crippen molar-refractivity contribution >= 4 is 6.09 Å². The predicted octanol–water partition coefficient (Wildman–Crippen LogP) is 1.75. The molecule has 0 aromatic heterocycles. The van der Waals surface area contributed by atoms with Crippen LogP contribution in [0, 0.1) is 5.92 Å². The zero-order valence-electron chi connectivity index (χ0n) is 12.2. The first kappa shape index (κ1) is 14.6. The average Bonchev–Trinajstić information content (AvgIpc) is 2.73. The molecule has 0 aromatic rings. The monoisotopic (exact) mass is 270 g/mol. The van der Waals surface area contributed by atoms with Crippen LogP contribution in [0.15, 0.2) is 0 Å². The second-order valence-electron chi connectivity index (χ2n) is 6.59. The standard InChI is InChI=1S/C14H26N2O3/c1-14(2,3)19-13(17)16-7-4-10(5-8-16)12-11(15)6-9-18-12/h10-12H,4-9,15H2,1-3H3. The largest absolute Gasteiger partial charge is 0.444 e. The molecule has 110 valence electrons. The van der Waals surface area contributed by atoms with Gasteiger partial charge >= 0.3 is 6.09 Å². The summed E-state index contributed by atoms with van der Waals surface area (Å²) in [7, 11) is 0. The Hall–Kier alpha value is -0.810. The summed E-state index contributed by atoms with van der Waals surface area (Å²) in [6.45, 7) is 7.94. The van der Waals surface area contributed by atoms with E-state index in [1.165, 1.54) is 0 Å². The van der Waals surface area contributed by atoms with Crippen LogP contribution in [0.5, 0.6) is 0 Å². The van der Waals surface area contributed by atoms with Gasteiger partial charge < -0.3 is 20.1 Å². The number of nitrogens with zero attached hydrogens (tertiary/aromatic N) is 1. The minimum atomic E-state index is -0.426. The van der Waals surface area contributed by atoms with Crippen molar-refractivity contribution in [3.63, 3.8) is 0 Å². The number of nitrogens with two attached hydrogens (primary N) is 1. The molecule has 1 amide bonds. The van der Waals surface area contributed by atoms with E-state index >= 15 is 0 Å². The summed E-state index contributed by atoms with van der Waals surface area (Å²) >= 11 is 0. The van der Waals surface area contributed by atoms with Crippen LogP contribution >= 0.6 is 0 Å². The second kappa shape index (κ2) is 5.67. The SMILES string of the molecule is CC(C)(C)OC(=O)N1CCC(C2OCCC2N)CC1. The van der Waals surface area contributed by atoms with Crippen molar-refractivity contribution in [2.24, 2.45) is 11.7 Å². The molecule has 0 radical (unpaired) electrons. The summed E-state index contributed by atoms with van der Waals surface area (Å²) in [6, 6.07) is 0.165. The molecular weight excluding hydrogens is 244 g/mol. The third-order valence-electron chi connectivity index (χ3n) is 3.84. The van der Waals surface area contributed by atoms with E-state index in [0.29, 0.717) is 5.92 Å². The molecule has 2 aliphatic rings. The van der Waals surface area contributed by atoms with Gasteiger partial charge in [-0.15, -0.1) is 0 Å². The fourth-order valence-electron chi connectivity index (χ4n) is 2.85. The zero-order valence-corrected chi connectivity index (χ0v) is 12.2. The van der Waals surface area contributed by atoms with E-state index in [1.807, 2.05) is 20.8 Å². The quantitative estimate of drug-likeness (QED) is 0.788. The number of likely N-dealkylation sites (tertiary alicyclic amines) is 1. The molecule has 5 heteroatoms. The van der Waals surface area contributed by atoms with Crippen LogP contribution in [0.4, 0.5) is 4.79 Å². The molecule has 0 bridgehead atoms. The van der Waals surface area contributed by atoms with E-state index < -0.39 is 5.60 Å². The van der Waals surface area contributed by atoms with Gasteiger partial charge in [0.2, 0.25) is 0 Å². The van der Waals surface area contributed by atoms with Gasteiger partial charge in [0.15, 0.2) is 0 Å². The highest BCUT2D eigenvalue weighted by Crippen LogP contribution is 2.28. The fourth-order valence-corrected chi connectivity index (χ4v) is 2.85. The molecule has 2 unspecified atom stereocenters. The number of amides is 1. The highest BCUT2D eigenvalue weighted by molar-refractivity contribution is 5.68. The van der Waals surface area contributed by atoms with Crippen LogP contribution in [-0.4, -0.2) is 48.4 Å². The first-order chi connectivity index (χ1) is 8.87. The summed E-state index contributed by atoms with van der Waals surface area (Å²) in [4.78, 5) is 13.7.